The molecule has 2 nitrogen and oxygen atoms in total. The summed E-state index contributed by atoms with van der Waals surface area (Å²) < 4.78 is 0. The quantitative estimate of drug-likeness (QED) is 0.807. The Labute approximate surface area is 115 Å². The Morgan fingerprint density at radius 1 is 1.17 bits per heavy atom. The van der Waals surface area contributed by atoms with Gasteiger partial charge in [-0.05, 0) is 50.0 Å². The molecule has 2 rings (SSSR count). The zero-order valence-corrected chi connectivity index (χ0v) is 11.8. The van der Waals surface area contributed by atoms with Gasteiger partial charge in [0, 0.05) is 11.7 Å². The van der Waals surface area contributed by atoms with E-state index in [1.54, 1.807) is 0 Å². The highest BCUT2D eigenvalue weighted by molar-refractivity contribution is 7.80. The number of hydrogen-bond acceptors (Lipinski definition) is 1. The molecule has 0 unspecified atom stereocenters. The van der Waals surface area contributed by atoms with Gasteiger partial charge >= 0.3 is 0 Å². The molecule has 1 aromatic rings. The summed E-state index contributed by atoms with van der Waals surface area (Å²) in [6.45, 7) is 2.24. The molecule has 3 heteroatoms. The van der Waals surface area contributed by atoms with Gasteiger partial charge in [0.25, 0.3) is 0 Å². The van der Waals surface area contributed by atoms with Gasteiger partial charge in [0.15, 0.2) is 5.11 Å². The van der Waals surface area contributed by atoms with Crippen molar-refractivity contribution in [2.24, 2.45) is 5.92 Å². The third kappa shape index (κ3) is 3.98. The molecule has 0 heterocycles. The number of benzene rings is 1. The van der Waals surface area contributed by atoms with Crippen molar-refractivity contribution in [1.82, 2.24) is 5.32 Å². The van der Waals surface area contributed by atoms with Gasteiger partial charge in [0.1, 0.15) is 0 Å². The van der Waals surface area contributed by atoms with Crippen LogP contribution in [0.25, 0.3) is 0 Å². The summed E-state index contributed by atoms with van der Waals surface area (Å²) >= 11 is 5.36. The number of nitrogens with one attached hydrogen (secondary N) is 2. The minimum atomic E-state index is 0.467. The van der Waals surface area contributed by atoms with Crippen LogP contribution in [-0.4, -0.2) is 11.2 Å². The average molecular weight is 262 g/mol. The van der Waals surface area contributed by atoms with Crippen molar-refractivity contribution in [2.45, 2.75) is 45.1 Å². The van der Waals surface area contributed by atoms with E-state index in [-0.39, 0.29) is 0 Å². The Morgan fingerprint density at radius 3 is 2.50 bits per heavy atom. The summed E-state index contributed by atoms with van der Waals surface area (Å²) in [7, 11) is 0. The molecule has 1 aromatic carbocycles. The maximum Gasteiger partial charge on any atom is 0.170 e. The van der Waals surface area contributed by atoms with E-state index in [4.69, 9.17) is 12.2 Å². The largest absolute Gasteiger partial charge is 0.360 e. The maximum atomic E-state index is 5.36. The van der Waals surface area contributed by atoms with Gasteiger partial charge < -0.3 is 10.6 Å². The maximum absolute atomic E-state index is 5.36. The van der Waals surface area contributed by atoms with E-state index in [1.165, 1.54) is 32.1 Å². The summed E-state index contributed by atoms with van der Waals surface area (Å²) in [6, 6.07) is 10.5. The Morgan fingerprint density at radius 2 is 1.83 bits per heavy atom. The van der Waals surface area contributed by atoms with Gasteiger partial charge in [-0.1, -0.05) is 37.5 Å². The molecule has 0 spiro atoms. The van der Waals surface area contributed by atoms with E-state index in [1.807, 2.05) is 30.3 Å². The number of thiocarbonyl (C=S) groups is 1. The van der Waals surface area contributed by atoms with Gasteiger partial charge in [-0.15, -0.1) is 0 Å². The fourth-order valence-electron chi connectivity index (χ4n) is 2.65. The number of anilines is 1. The van der Waals surface area contributed by atoms with Crippen molar-refractivity contribution < 1.29 is 0 Å². The molecular weight excluding hydrogens is 240 g/mol. The van der Waals surface area contributed by atoms with Crippen LogP contribution in [0.15, 0.2) is 30.3 Å². The molecule has 1 aliphatic carbocycles. The first-order chi connectivity index (χ1) is 8.75. The zero-order chi connectivity index (χ0) is 12.8. The second-order valence-corrected chi connectivity index (χ2v) is 5.56. The third-order valence-corrected chi connectivity index (χ3v) is 3.97. The van der Waals surface area contributed by atoms with Crippen LogP contribution in [-0.2, 0) is 0 Å². The van der Waals surface area contributed by atoms with Gasteiger partial charge in [-0.25, -0.2) is 0 Å². The zero-order valence-electron chi connectivity index (χ0n) is 11.0. The van der Waals surface area contributed by atoms with Crippen molar-refractivity contribution in [3.05, 3.63) is 30.3 Å². The summed E-state index contributed by atoms with van der Waals surface area (Å²) in [5, 5.41) is 7.39. The first-order valence-corrected chi connectivity index (χ1v) is 7.29. The Bertz CT molecular complexity index is 371. The molecule has 0 saturated heterocycles. The van der Waals surface area contributed by atoms with Gasteiger partial charge in [0.2, 0.25) is 0 Å². The smallest absolute Gasteiger partial charge is 0.170 e. The van der Waals surface area contributed by atoms with Gasteiger partial charge in [0.05, 0.1) is 0 Å². The van der Waals surface area contributed by atoms with Crippen LogP contribution >= 0.6 is 12.2 Å². The monoisotopic (exact) mass is 262 g/mol. The SMILES string of the molecule is C[C@@H](NC(=S)Nc1ccccc1)C1CCCCC1. The molecule has 98 valence electrons. The predicted molar refractivity (Wildman–Crippen MR) is 81.8 cm³/mol. The number of rotatable bonds is 3. The Balaban J connectivity index is 1.79. The van der Waals surface area contributed by atoms with Gasteiger partial charge in [-0.2, -0.15) is 0 Å². The lowest BCUT2D eigenvalue weighted by Crippen LogP contribution is -2.41. The molecule has 0 amide bonds. The Hall–Kier alpha value is -1.09. The molecule has 18 heavy (non-hydrogen) atoms. The number of hydrogen-bond donors (Lipinski definition) is 2. The van der Waals surface area contributed by atoms with Crippen molar-refractivity contribution in [2.75, 3.05) is 5.32 Å². The normalized spacial score (nSPS) is 18.1. The average Bonchev–Trinajstić information content (AvgIpc) is 2.40. The summed E-state index contributed by atoms with van der Waals surface area (Å²) in [5.74, 6) is 0.772. The molecule has 2 N–H and O–H groups in total. The van der Waals surface area contributed by atoms with Crippen LogP contribution < -0.4 is 10.6 Å². The van der Waals surface area contributed by atoms with E-state index in [0.29, 0.717) is 6.04 Å². The highest BCUT2D eigenvalue weighted by Gasteiger charge is 2.20. The van der Waals surface area contributed by atoms with Crippen molar-refractivity contribution in [1.29, 1.82) is 0 Å². The van der Waals surface area contributed by atoms with Crippen LogP contribution in [0.2, 0.25) is 0 Å². The fraction of sp³-hybridized carbons (Fsp3) is 0.533. The van der Waals surface area contributed by atoms with E-state index < -0.39 is 0 Å². The van der Waals surface area contributed by atoms with E-state index in [9.17, 15) is 0 Å². The molecule has 1 atom stereocenters. The van der Waals surface area contributed by atoms with E-state index in [2.05, 4.69) is 17.6 Å². The van der Waals surface area contributed by atoms with Crippen LogP contribution in [0, 0.1) is 5.92 Å². The van der Waals surface area contributed by atoms with Crippen molar-refractivity contribution in [3.63, 3.8) is 0 Å². The minimum Gasteiger partial charge on any atom is -0.360 e. The van der Waals surface area contributed by atoms with E-state index >= 15 is 0 Å². The summed E-state index contributed by atoms with van der Waals surface area (Å²) in [4.78, 5) is 0. The first kappa shape index (κ1) is 13.3. The molecule has 1 aliphatic rings. The highest BCUT2D eigenvalue weighted by atomic mass is 32.1. The molecule has 0 aliphatic heterocycles. The predicted octanol–water partition coefficient (Wildman–Crippen LogP) is 3.94. The lowest BCUT2D eigenvalue weighted by Gasteiger charge is -2.29. The molecule has 1 saturated carbocycles. The van der Waals surface area contributed by atoms with Crippen molar-refractivity contribution in [3.8, 4) is 0 Å². The van der Waals surface area contributed by atoms with Crippen LogP contribution in [0.4, 0.5) is 5.69 Å². The second kappa shape index (κ2) is 6.74. The molecule has 0 bridgehead atoms. The minimum absolute atomic E-state index is 0.467. The van der Waals surface area contributed by atoms with Gasteiger partial charge in [-0.3, -0.25) is 0 Å². The molecule has 0 aromatic heterocycles. The Kier molecular flexibility index (Phi) is 5.00. The highest BCUT2D eigenvalue weighted by Crippen LogP contribution is 2.26. The summed E-state index contributed by atoms with van der Waals surface area (Å²) in [6.07, 6.45) is 6.81. The van der Waals surface area contributed by atoms with Crippen LogP contribution in [0.1, 0.15) is 39.0 Å². The fourth-order valence-corrected chi connectivity index (χ4v) is 2.95. The van der Waals surface area contributed by atoms with Crippen LogP contribution in [0.3, 0.4) is 0 Å². The standard InChI is InChI=1S/C15H22N2S/c1-12(13-8-4-2-5-9-13)16-15(18)17-14-10-6-3-7-11-14/h3,6-7,10-13H,2,4-5,8-9H2,1H3,(H2,16,17,18)/t12-/m1/s1. The first-order valence-electron chi connectivity index (χ1n) is 6.88. The topological polar surface area (TPSA) is 24.1 Å². The molecule has 0 radical (unpaired) electrons. The molecule has 1 fully saturated rings. The molecular formula is C15H22N2S. The van der Waals surface area contributed by atoms with E-state index in [0.717, 1.165) is 16.7 Å². The number of para-hydroxylation sites is 1. The third-order valence-electron chi connectivity index (χ3n) is 3.75. The van der Waals surface area contributed by atoms with Crippen LogP contribution in [0.5, 0.6) is 0 Å². The summed E-state index contributed by atoms with van der Waals surface area (Å²) in [5.41, 5.74) is 1.05. The van der Waals surface area contributed by atoms with Crippen molar-refractivity contribution >= 4 is 23.0 Å². The lowest BCUT2D eigenvalue weighted by molar-refractivity contribution is 0.302. The second-order valence-electron chi connectivity index (χ2n) is 5.15. The lowest BCUT2D eigenvalue weighted by atomic mass is 9.85.